The number of nitrogens with two attached hydrogens (primary N) is 1. The molecule has 0 spiro atoms. The number of rotatable bonds is 5. The second kappa shape index (κ2) is 6.25. The summed E-state index contributed by atoms with van der Waals surface area (Å²) < 4.78 is 18.8. The van der Waals surface area contributed by atoms with Crippen LogP contribution in [0.4, 0.5) is 16.0 Å². The van der Waals surface area contributed by atoms with Gasteiger partial charge in [-0.3, -0.25) is 0 Å². The predicted molar refractivity (Wildman–Crippen MR) is 78.8 cm³/mol. The first kappa shape index (κ1) is 14.1. The van der Waals surface area contributed by atoms with Gasteiger partial charge >= 0.3 is 0 Å². The number of nitrogens with one attached hydrogen (secondary N) is 1. The molecule has 0 unspecified atom stereocenters. The van der Waals surface area contributed by atoms with Gasteiger partial charge in [0.15, 0.2) is 11.6 Å². The molecule has 5 nitrogen and oxygen atoms in total. The summed E-state index contributed by atoms with van der Waals surface area (Å²) >= 11 is 4.84. The van der Waals surface area contributed by atoms with Gasteiger partial charge in [-0.25, -0.2) is 14.4 Å². The van der Waals surface area contributed by atoms with Crippen LogP contribution >= 0.6 is 12.2 Å². The van der Waals surface area contributed by atoms with E-state index in [0.717, 1.165) is 0 Å². The van der Waals surface area contributed by atoms with E-state index in [-0.39, 0.29) is 10.7 Å². The Morgan fingerprint density at radius 3 is 2.90 bits per heavy atom. The van der Waals surface area contributed by atoms with E-state index in [1.165, 1.54) is 12.3 Å². The maximum atomic E-state index is 13.7. The Morgan fingerprint density at radius 1 is 1.45 bits per heavy atom. The molecule has 0 radical (unpaired) electrons. The Morgan fingerprint density at radius 2 is 2.25 bits per heavy atom. The molecule has 0 atom stereocenters. The van der Waals surface area contributed by atoms with Crippen LogP contribution in [0.5, 0.6) is 5.75 Å². The summed E-state index contributed by atoms with van der Waals surface area (Å²) in [6.07, 6.45) is 1.52. The lowest BCUT2D eigenvalue weighted by Crippen LogP contribution is -2.12. The van der Waals surface area contributed by atoms with Crippen molar-refractivity contribution >= 4 is 28.8 Å². The van der Waals surface area contributed by atoms with Crippen molar-refractivity contribution in [1.29, 1.82) is 0 Å². The van der Waals surface area contributed by atoms with Crippen molar-refractivity contribution in [3.63, 3.8) is 0 Å². The first-order chi connectivity index (χ1) is 9.60. The van der Waals surface area contributed by atoms with E-state index in [0.29, 0.717) is 23.9 Å². The van der Waals surface area contributed by atoms with E-state index in [2.05, 4.69) is 15.3 Å². The number of ether oxygens (including phenoxy) is 1. The van der Waals surface area contributed by atoms with Gasteiger partial charge in [-0.15, -0.1) is 0 Å². The molecule has 7 heteroatoms. The van der Waals surface area contributed by atoms with Crippen LogP contribution in [-0.4, -0.2) is 21.6 Å². The van der Waals surface area contributed by atoms with Crippen LogP contribution in [0.2, 0.25) is 0 Å². The molecule has 1 heterocycles. The van der Waals surface area contributed by atoms with E-state index < -0.39 is 5.82 Å². The first-order valence-corrected chi connectivity index (χ1v) is 6.33. The zero-order valence-corrected chi connectivity index (χ0v) is 11.6. The van der Waals surface area contributed by atoms with Gasteiger partial charge in [-0.05, 0) is 25.1 Å². The summed E-state index contributed by atoms with van der Waals surface area (Å²) in [7, 11) is 0. The topological polar surface area (TPSA) is 73.1 Å². The van der Waals surface area contributed by atoms with Crippen LogP contribution in [0.25, 0.3) is 0 Å². The molecular weight excluding hydrogens is 279 g/mol. The number of benzene rings is 1. The van der Waals surface area contributed by atoms with Gasteiger partial charge in [-0.1, -0.05) is 12.2 Å². The molecule has 1 aromatic carbocycles. The third-order valence-electron chi connectivity index (χ3n) is 2.40. The van der Waals surface area contributed by atoms with Crippen LogP contribution in [0, 0.1) is 5.82 Å². The van der Waals surface area contributed by atoms with Gasteiger partial charge in [0, 0.05) is 18.0 Å². The first-order valence-electron chi connectivity index (χ1n) is 5.92. The molecule has 0 saturated carbocycles. The smallest absolute Gasteiger partial charge is 0.227 e. The molecule has 0 aliphatic heterocycles. The standard InChI is InChI=1S/C13H13FN4OS/c1-2-19-11-4-3-8(7-9(11)14)17-13-16-6-5-10(18-13)12(15)20/h3-7H,2H2,1H3,(H2,15,20)(H,16,17,18). The lowest BCUT2D eigenvalue weighted by Gasteiger charge is -2.08. The Hall–Kier alpha value is -2.28. The maximum Gasteiger partial charge on any atom is 0.227 e. The number of anilines is 2. The summed E-state index contributed by atoms with van der Waals surface area (Å²) in [4.78, 5) is 8.30. The molecule has 1 aromatic heterocycles. The van der Waals surface area contributed by atoms with Crippen LogP contribution in [0.1, 0.15) is 12.6 Å². The van der Waals surface area contributed by atoms with Crippen molar-refractivity contribution in [1.82, 2.24) is 9.97 Å². The van der Waals surface area contributed by atoms with E-state index >= 15 is 0 Å². The second-order valence-electron chi connectivity index (χ2n) is 3.83. The van der Waals surface area contributed by atoms with E-state index in [4.69, 9.17) is 22.7 Å². The van der Waals surface area contributed by atoms with E-state index in [1.807, 2.05) is 0 Å². The average Bonchev–Trinajstić information content (AvgIpc) is 2.42. The minimum absolute atomic E-state index is 0.174. The van der Waals surface area contributed by atoms with Crippen molar-refractivity contribution in [2.75, 3.05) is 11.9 Å². The molecule has 20 heavy (non-hydrogen) atoms. The van der Waals surface area contributed by atoms with Gasteiger partial charge < -0.3 is 15.8 Å². The summed E-state index contributed by atoms with van der Waals surface area (Å²) in [5.74, 6) is 0.0389. The molecule has 2 aromatic rings. The van der Waals surface area contributed by atoms with Crippen molar-refractivity contribution in [3.05, 3.63) is 42.0 Å². The number of hydrogen-bond donors (Lipinski definition) is 2. The van der Waals surface area contributed by atoms with E-state index in [9.17, 15) is 4.39 Å². The van der Waals surface area contributed by atoms with Gasteiger partial charge in [0.25, 0.3) is 0 Å². The van der Waals surface area contributed by atoms with Gasteiger partial charge in [0.05, 0.1) is 6.61 Å². The molecule has 104 valence electrons. The van der Waals surface area contributed by atoms with Crippen molar-refractivity contribution < 1.29 is 9.13 Å². The highest BCUT2D eigenvalue weighted by atomic mass is 32.1. The fourth-order valence-electron chi connectivity index (χ4n) is 1.54. The maximum absolute atomic E-state index is 13.7. The molecular formula is C13H13FN4OS. The van der Waals surface area contributed by atoms with Gasteiger partial charge in [0.1, 0.15) is 10.7 Å². The van der Waals surface area contributed by atoms with Crippen LogP contribution in [0.3, 0.4) is 0 Å². The number of nitrogens with zero attached hydrogens (tertiary/aromatic N) is 2. The average molecular weight is 292 g/mol. The molecule has 0 aliphatic carbocycles. The van der Waals surface area contributed by atoms with Crippen LogP contribution in [0.15, 0.2) is 30.5 Å². The van der Waals surface area contributed by atoms with Crippen molar-refractivity contribution in [2.45, 2.75) is 6.92 Å². The highest BCUT2D eigenvalue weighted by Crippen LogP contribution is 2.22. The third kappa shape index (κ3) is 3.39. The molecule has 3 N–H and O–H groups in total. The second-order valence-corrected chi connectivity index (χ2v) is 4.27. The quantitative estimate of drug-likeness (QED) is 0.824. The molecule has 2 rings (SSSR count). The Bertz CT molecular complexity index is 636. The summed E-state index contributed by atoms with van der Waals surface area (Å²) in [5.41, 5.74) is 6.44. The lowest BCUT2D eigenvalue weighted by molar-refractivity contribution is 0.321. The highest BCUT2D eigenvalue weighted by Gasteiger charge is 2.06. The minimum atomic E-state index is -0.456. The highest BCUT2D eigenvalue weighted by molar-refractivity contribution is 7.80. The summed E-state index contributed by atoms with van der Waals surface area (Å²) in [6.45, 7) is 2.20. The monoisotopic (exact) mass is 292 g/mol. The fraction of sp³-hybridized carbons (Fsp3) is 0.154. The molecule has 0 fully saturated rings. The molecule has 0 saturated heterocycles. The number of hydrogen-bond acceptors (Lipinski definition) is 5. The number of aromatic nitrogens is 2. The van der Waals surface area contributed by atoms with Crippen molar-refractivity contribution in [3.8, 4) is 5.75 Å². The van der Waals surface area contributed by atoms with Gasteiger partial charge in [-0.2, -0.15) is 0 Å². The Balaban J connectivity index is 2.19. The number of halogens is 1. The predicted octanol–water partition coefficient (Wildman–Crippen LogP) is 2.39. The lowest BCUT2D eigenvalue weighted by atomic mass is 10.3. The Labute approximate surface area is 121 Å². The Kier molecular flexibility index (Phi) is 4.41. The third-order valence-corrected chi connectivity index (χ3v) is 2.61. The molecule has 0 bridgehead atoms. The largest absolute Gasteiger partial charge is 0.491 e. The van der Waals surface area contributed by atoms with E-state index in [1.54, 1.807) is 25.1 Å². The summed E-state index contributed by atoms with van der Waals surface area (Å²) in [6, 6.07) is 6.12. The SMILES string of the molecule is CCOc1ccc(Nc2nccc(C(N)=S)n2)cc1F. The van der Waals surface area contributed by atoms with Crippen molar-refractivity contribution in [2.24, 2.45) is 5.73 Å². The zero-order valence-electron chi connectivity index (χ0n) is 10.8. The fourth-order valence-corrected chi connectivity index (χ4v) is 1.65. The van der Waals surface area contributed by atoms with Crippen LogP contribution < -0.4 is 15.8 Å². The zero-order chi connectivity index (χ0) is 14.5. The molecule has 0 amide bonds. The van der Waals surface area contributed by atoms with Crippen LogP contribution in [-0.2, 0) is 0 Å². The van der Waals surface area contributed by atoms with Gasteiger partial charge in [0.2, 0.25) is 5.95 Å². The normalized spacial score (nSPS) is 10.1. The summed E-state index contributed by atoms with van der Waals surface area (Å²) in [5, 5.41) is 2.88. The molecule has 0 aliphatic rings. The minimum Gasteiger partial charge on any atom is -0.491 e. The number of thiocarbonyl (C=S) groups is 1.